The van der Waals surface area contributed by atoms with Gasteiger partial charge in [-0.2, -0.15) is 0 Å². The van der Waals surface area contributed by atoms with Gasteiger partial charge in [-0.1, -0.05) is 13.8 Å². The maximum absolute atomic E-state index is 12.2. The van der Waals surface area contributed by atoms with E-state index in [0.717, 1.165) is 0 Å². The summed E-state index contributed by atoms with van der Waals surface area (Å²) in [7, 11) is 3.19. The summed E-state index contributed by atoms with van der Waals surface area (Å²) in [5.41, 5.74) is -0.213. The van der Waals surface area contributed by atoms with E-state index in [9.17, 15) is 9.90 Å². The molecule has 0 radical (unpaired) electrons. The molecular weight excluding hydrogens is 248 g/mol. The minimum Gasteiger partial charge on any atom is -0.396 e. The number of amides is 2. The van der Waals surface area contributed by atoms with Crippen LogP contribution in [0.5, 0.6) is 0 Å². The van der Waals surface area contributed by atoms with E-state index < -0.39 is 0 Å². The second kappa shape index (κ2) is 7.07. The SMILES string of the molecule is COCC(COC)NC(=O)N1CC(C)C(C)(CO)C1. The van der Waals surface area contributed by atoms with E-state index >= 15 is 0 Å². The van der Waals surface area contributed by atoms with Crippen LogP contribution in [-0.2, 0) is 9.47 Å². The first-order valence-corrected chi connectivity index (χ1v) is 6.61. The maximum atomic E-state index is 12.2. The molecule has 0 aliphatic carbocycles. The number of ether oxygens (including phenoxy) is 2. The normalized spacial score (nSPS) is 27.1. The first-order valence-electron chi connectivity index (χ1n) is 6.61. The number of carbonyl (C=O) groups excluding carboxylic acids is 1. The zero-order valence-corrected chi connectivity index (χ0v) is 12.3. The summed E-state index contributed by atoms with van der Waals surface area (Å²) in [5, 5.41) is 12.3. The Bertz CT molecular complexity index is 294. The molecule has 0 aromatic rings. The van der Waals surface area contributed by atoms with Crippen molar-refractivity contribution in [3.63, 3.8) is 0 Å². The molecule has 19 heavy (non-hydrogen) atoms. The minimum absolute atomic E-state index is 0.0948. The molecule has 2 unspecified atom stereocenters. The Balaban J connectivity index is 2.54. The molecule has 1 heterocycles. The first-order chi connectivity index (χ1) is 8.96. The molecule has 2 amide bonds. The minimum atomic E-state index is -0.213. The van der Waals surface area contributed by atoms with Gasteiger partial charge >= 0.3 is 6.03 Å². The lowest BCUT2D eigenvalue weighted by Crippen LogP contribution is -2.48. The van der Waals surface area contributed by atoms with Gasteiger partial charge in [-0.3, -0.25) is 0 Å². The van der Waals surface area contributed by atoms with E-state index in [1.165, 1.54) is 0 Å². The Morgan fingerprint density at radius 3 is 2.47 bits per heavy atom. The fraction of sp³-hybridized carbons (Fsp3) is 0.923. The third kappa shape index (κ3) is 4.06. The van der Waals surface area contributed by atoms with Gasteiger partial charge in [0.25, 0.3) is 0 Å². The lowest BCUT2D eigenvalue weighted by Gasteiger charge is -2.26. The first kappa shape index (κ1) is 16.2. The van der Waals surface area contributed by atoms with Crippen molar-refractivity contribution in [2.75, 3.05) is 47.1 Å². The summed E-state index contributed by atoms with van der Waals surface area (Å²) in [4.78, 5) is 13.9. The Kier molecular flexibility index (Phi) is 6.03. The fourth-order valence-corrected chi connectivity index (χ4v) is 2.37. The van der Waals surface area contributed by atoms with Gasteiger partial charge in [-0.15, -0.1) is 0 Å². The number of aliphatic hydroxyl groups excluding tert-OH is 1. The number of hydrogen-bond donors (Lipinski definition) is 2. The Hall–Kier alpha value is -0.850. The van der Waals surface area contributed by atoms with Crippen molar-refractivity contribution in [1.29, 1.82) is 0 Å². The molecular formula is C13H26N2O4. The van der Waals surface area contributed by atoms with Crippen LogP contribution in [0.3, 0.4) is 0 Å². The second-order valence-electron chi connectivity index (χ2n) is 5.65. The smallest absolute Gasteiger partial charge is 0.317 e. The number of urea groups is 1. The monoisotopic (exact) mass is 274 g/mol. The van der Waals surface area contributed by atoms with E-state index in [2.05, 4.69) is 12.2 Å². The number of nitrogens with one attached hydrogen (secondary N) is 1. The summed E-state index contributed by atoms with van der Waals surface area (Å²) < 4.78 is 10.1. The Morgan fingerprint density at radius 1 is 1.47 bits per heavy atom. The number of hydrogen-bond acceptors (Lipinski definition) is 4. The van der Waals surface area contributed by atoms with Crippen LogP contribution in [0, 0.1) is 11.3 Å². The molecule has 0 saturated carbocycles. The van der Waals surface area contributed by atoms with Crippen LogP contribution in [0.2, 0.25) is 0 Å². The number of likely N-dealkylation sites (tertiary alicyclic amines) is 1. The molecule has 0 aromatic heterocycles. The molecule has 112 valence electrons. The third-order valence-electron chi connectivity index (χ3n) is 3.95. The van der Waals surface area contributed by atoms with Gasteiger partial charge in [0.1, 0.15) is 0 Å². The van der Waals surface area contributed by atoms with E-state index in [1.807, 2.05) is 6.92 Å². The Labute approximate surface area is 115 Å². The van der Waals surface area contributed by atoms with Crippen LogP contribution in [0.4, 0.5) is 4.79 Å². The molecule has 2 atom stereocenters. The summed E-state index contributed by atoms with van der Waals surface area (Å²) in [6, 6.07) is -0.276. The molecule has 1 rings (SSSR count). The lowest BCUT2D eigenvalue weighted by atomic mass is 9.82. The highest BCUT2D eigenvalue weighted by Gasteiger charge is 2.41. The van der Waals surface area contributed by atoms with E-state index in [4.69, 9.17) is 9.47 Å². The van der Waals surface area contributed by atoms with Crippen molar-refractivity contribution in [3.05, 3.63) is 0 Å². The average molecular weight is 274 g/mol. The number of methoxy groups -OCH3 is 2. The van der Waals surface area contributed by atoms with Gasteiger partial charge < -0.3 is 24.8 Å². The van der Waals surface area contributed by atoms with Crippen molar-refractivity contribution in [2.24, 2.45) is 11.3 Å². The zero-order valence-electron chi connectivity index (χ0n) is 12.3. The van der Waals surface area contributed by atoms with Crippen molar-refractivity contribution < 1.29 is 19.4 Å². The van der Waals surface area contributed by atoms with Crippen LogP contribution in [0.15, 0.2) is 0 Å². The second-order valence-corrected chi connectivity index (χ2v) is 5.65. The van der Waals surface area contributed by atoms with E-state index in [1.54, 1.807) is 19.1 Å². The van der Waals surface area contributed by atoms with E-state index in [0.29, 0.717) is 26.3 Å². The van der Waals surface area contributed by atoms with Gasteiger partial charge in [-0.25, -0.2) is 4.79 Å². The molecule has 6 heteroatoms. The van der Waals surface area contributed by atoms with Crippen LogP contribution in [0.25, 0.3) is 0 Å². The highest BCUT2D eigenvalue weighted by Crippen LogP contribution is 2.34. The summed E-state index contributed by atoms with van der Waals surface area (Å²) >= 11 is 0. The molecule has 0 bridgehead atoms. The third-order valence-corrected chi connectivity index (χ3v) is 3.95. The molecule has 1 aliphatic heterocycles. The fourth-order valence-electron chi connectivity index (χ4n) is 2.37. The summed E-state index contributed by atoms with van der Waals surface area (Å²) in [6.45, 7) is 6.23. The van der Waals surface area contributed by atoms with Crippen molar-refractivity contribution >= 4 is 6.03 Å². The van der Waals surface area contributed by atoms with Crippen LogP contribution < -0.4 is 5.32 Å². The zero-order chi connectivity index (χ0) is 14.5. The van der Waals surface area contributed by atoms with Crippen molar-refractivity contribution in [3.8, 4) is 0 Å². The number of nitrogens with zero attached hydrogens (tertiary/aromatic N) is 1. The van der Waals surface area contributed by atoms with Gasteiger partial charge in [0.2, 0.25) is 0 Å². The highest BCUT2D eigenvalue weighted by molar-refractivity contribution is 5.75. The van der Waals surface area contributed by atoms with Crippen molar-refractivity contribution in [2.45, 2.75) is 19.9 Å². The Morgan fingerprint density at radius 2 is 2.05 bits per heavy atom. The van der Waals surface area contributed by atoms with Gasteiger partial charge in [0.15, 0.2) is 0 Å². The van der Waals surface area contributed by atoms with Gasteiger partial charge in [-0.05, 0) is 5.92 Å². The predicted octanol–water partition coefficient (Wildman–Crippen LogP) is 0.308. The maximum Gasteiger partial charge on any atom is 0.317 e. The van der Waals surface area contributed by atoms with Crippen LogP contribution in [0.1, 0.15) is 13.8 Å². The standard InChI is InChI=1S/C13H26N2O4/c1-10-5-15(8-13(10,2)9-16)12(17)14-11(6-18-3)7-19-4/h10-11,16H,5-9H2,1-4H3,(H,14,17). The van der Waals surface area contributed by atoms with Gasteiger partial charge in [0, 0.05) is 32.7 Å². The topological polar surface area (TPSA) is 71.0 Å². The molecule has 1 saturated heterocycles. The van der Waals surface area contributed by atoms with Gasteiger partial charge in [0.05, 0.1) is 25.9 Å². The number of carbonyl (C=O) groups is 1. The number of rotatable bonds is 6. The molecule has 1 aliphatic rings. The summed E-state index contributed by atoms with van der Waals surface area (Å²) in [5.74, 6) is 0.284. The average Bonchev–Trinajstić information content (AvgIpc) is 2.67. The molecule has 0 aromatic carbocycles. The largest absolute Gasteiger partial charge is 0.396 e. The highest BCUT2D eigenvalue weighted by atomic mass is 16.5. The van der Waals surface area contributed by atoms with E-state index in [-0.39, 0.29) is 30.0 Å². The summed E-state index contributed by atoms with van der Waals surface area (Å²) in [6.07, 6.45) is 0. The molecule has 1 fully saturated rings. The molecule has 2 N–H and O–H groups in total. The predicted molar refractivity (Wildman–Crippen MR) is 72.0 cm³/mol. The lowest BCUT2D eigenvalue weighted by molar-refractivity contribution is 0.0997. The van der Waals surface area contributed by atoms with Crippen molar-refractivity contribution in [1.82, 2.24) is 10.2 Å². The molecule has 6 nitrogen and oxygen atoms in total. The quantitative estimate of drug-likeness (QED) is 0.731. The van der Waals surface area contributed by atoms with Crippen LogP contribution in [-0.4, -0.2) is 69.2 Å². The molecule has 0 spiro atoms. The number of aliphatic hydroxyl groups is 1. The van der Waals surface area contributed by atoms with Crippen LogP contribution >= 0.6 is 0 Å².